The summed E-state index contributed by atoms with van der Waals surface area (Å²) in [6.07, 6.45) is 6.78. The topological polar surface area (TPSA) is 174 Å². The molecule has 0 saturated carbocycles. The van der Waals surface area contributed by atoms with Gasteiger partial charge in [0, 0.05) is 16.6 Å². The van der Waals surface area contributed by atoms with E-state index in [1.807, 2.05) is 36.4 Å². The lowest BCUT2D eigenvalue weighted by Gasteiger charge is -2.19. The summed E-state index contributed by atoms with van der Waals surface area (Å²) in [5, 5.41) is 13.3. The smallest absolute Gasteiger partial charge is 0.344 e. The van der Waals surface area contributed by atoms with Gasteiger partial charge in [-0.2, -0.15) is 8.42 Å². The van der Waals surface area contributed by atoms with Crippen LogP contribution in [0.15, 0.2) is 123 Å². The first kappa shape index (κ1) is 29.3. The van der Waals surface area contributed by atoms with Gasteiger partial charge in [0.05, 0.1) is 22.6 Å². The van der Waals surface area contributed by atoms with Gasteiger partial charge >= 0.3 is 5.63 Å². The third-order valence-electron chi connectivity index (χ3n) is 7.15. The van der Waals surface area contributed by atoms with E-state index in [9.17, 15) is 27.7 Å². The van der Waals surface area contributed by atoms with Crippen LogP contribution >= 0.6 is 0 Å². The highest BCUT2D eigenvalue weighted by atomic mass is 32.2. The minimum Gasteiger partial charge on any atom is -0.507 e. The van der Waals surface area contributed by atoms with Crippen LogP contribution in [0.1, 0.15) is 29.9 Å². The lowest BCUT2D eigenvalue weighted by molar-refractivity contribution is -0.115. The molecule has 0 amide bonds. The van der Waals surface area contributed by atoms with Crippen LogP contribution in [-0.4, -0.2) is 23.9 Å². The zero-order valence-corrected chi connectivity index (χ0v) is 23.6. The summed E-state index contributed by atoms with van der Waals surface area (Å²) in [6.45, 7) is 0. The highest BCUT2D eigenvalue weighted by Gasteiger charge is 2.33. The van der Waals surface area contributed by atoms with Gasteiger partial charge in [0.15, 0.2) is 11.4 Å². The summed E-state index contributed by atoms with van der Waals surface area (Å²) in [7, 11) is -4.69. The molecule has 43 heavy (non-hydrogen) atoms. The van der Waals surface area contributed by atoms with Crippen molar-refractivity contribution in [1.82, 2.24) is 0 Å². The Balaban J connectivity index is 0.000000279. The number of hydrogen-bond acceptors (Lipinski definition) is 8. The second-order valence-electron chi connectivity index (χ2n) is 9.90. The van der Waals surface area contributed by atoms with Gasteiger partial charge in [-0.25, -0.2) is 4.79 Å². The third kappa shape index (κ3) is 5.92. The lowest BCUT2D eigenvalue weighted by atomic mass is 9.83. The van der Waals surface area contributed by atoms with E-state index >= 15 is 0 Å². The molecule has 1 atom stereocenters. The first-order chi connectivity index (χ1) is 20.6. The molecule has 0 fully saturated rings. The van der Waals surface area contributed by atoms with E-state index in [4.69, 9.17) is 15.9 Å². The number of carbonyl (C=O) groups excluding carboxylic acids is 1. The fourth-order valence-electron chi connectivity index (χ4n) is 5.05. The molecule has 0 bridgehead atoms. The van der Waals surface area contributed by atoms with Gasteiger partial charge in [-0.15, -0.1) is 0 Å². The number of nitrogens with two attached hydrogens (primary N) is 2. The van der Waals surface area contributed by atoms with E-state index in [2.05, 4.69) is 12.1 Å². The van der Waals surface area contributed by atoms with Gasteiger partial charge in [0.25, 0.3) is 10.1 Å². The molecule has 6 N–H and O–H groups in total. The Labute approximate surface area is 247 Å². The number of ketones is 1. The van der Waals surface area contributed by atoms with Crippen molar-refractivity contribution in [2.45, 2.75) is 23.7 Å². The molecule has 218 valence electrons. The van der Waals surface area contributed by atoms with Crippen LogP contribution in [0.5, 0.6) is 5.75 Å². The summed E-state index contributed by atoms with van der Waals surface area (Å²) in [5.74, 6) is -2.10. The van der Waals surface area contributed by atoms with Crippen LogP contribution in [0.2, 0.25) is 0 Å². The SMILES string of the molecule is Nc1c(S(=O)(=O)O)ccc2c(O)c(C(C(=O)C3=CCCC=C3)c3ccccc3)c(=O)oc12.Nc1cccc2ccccc12. The molecule has 9 nitrogen and oxygen atoms in total. The molecule has 0 radical (unpaired) electrons. The van der Waals surface area contributed by atoms with Gasteiger partial charge < -0.3 is 21.0 Å². The Kier molecular flexibility index (Phi) is 8.16. The van der Waals surface area contributed by atoms with E-state index in [1.165, 1.54) is 5.39 Å². The summed E-state index contributed by atoms with van der Waals surface area (Å²) < 4.78 is 37.7. The Hall–Kier alpha value is -5.19. The number of allylic oxidation sites excluding steroid dienone is 4. The Morgan fingerprint density at radius 1 is 0.860 bits per heavy atom. The molecule has 0 spiro atoms. The number of aromatic hydroxyl groups is 1. The second-order valence-corrected chi connectivity index (χ2v) is 11.3. The van der Waals surface area contributed by atoms with E-state index in [1.54, 1.807) is 42.5 Å². The Morgan fingerprint density at radius 2 is 1.56 bits per heavy atom. The van der Waals surface area contributed by atoms with Crippen molar-refractivity contribution >= 4 is 49.0 Å². The van der Waals surface area contributed by atoms with Crippen molar-refractivity contribution in [3.05, 3.63) is 130 Å². The van der Waals surface area contributed by atoms with E-state index in [0.717, 1.165) is 29.6 Å². The second kappa shape index (κ2) is 12.0. The monoisotopic (exact) mass is 596 g/mol. The number of benzene rings is 4. The first-order valence-corrected chi connectivity index (χ1v) is 14.8. The van der Waals surface area contributed by atoms with Gasteiger partial charge in [-0.1, -0.05) is 85.0 Å². The van der Waals surface area contributed by atoms with Gasteiger partial charge in [-0.3, -0.25) is 9.35 Å². The molecule has 1 heterocycles. The molecule has 6 rings (SSSR count). The molecule has 0 aliphatic heterocycles. The van der Waals surface area contributed by atoms with Gasteiger partial charge in [0.2, 0.25) is 0 Å². The molecule has 0 saturated heterocycles. The van der Waals surface area contributed by atoms with Crippen LogP contribution in [0.25, 0.3) is 21.7 Å². The maximum atomic E-state index is 13.4. The van der Waals surface area contributed by atoms with Crippen molar-refractivity contribution in [3.8, 4) is 5.75 Å². The number of carbonyl (C=O) groups is 1. The molecule has 10 heteroatoms. The number of anilines is 2. The quantitative estimate of drug-likeness (QED) is 0.112. The van der Waals surface area contributed by atoms with Crippen LogP contribution in [-0.2, 0) is 14.9 Å². The molecular weight excluding hydrogens is 568 g/mol. The van der Waals surface area contributed by atoms with E-state index in [0.29, 0.717) is 17.6 Å². The molecule has 1 aromatic heterocycles. The highest BCUT2D eigenvalue weighted by molar-refractivity contribution is 7.86. The van der Waals surface area contributed by atoms with Crippen molar-refractivity contribution in [3.63, 3.8) is 0 Å². The first-order valence-electron chi connectivity index (χ1n) is 13.3. The molecule has 4 aromatic carbocycles. The van der Waals surface area contributed by atoms with Crippen LogP contribution in [0, 0.1) is 0 Å². The predicted molar refractivity (Wildman–Crippen MR) is 166 cm³/mol. The third-order valence-corrected chi connectivity index (χ3v) is 8.06. The van der Waals surface area contributed by atoms with E-state index in [-0.39, 0.29) is 10.9 Å². The van der Waals surface area contributed by atoms with Crippen molar-refractivity contribution in [2.24, 2.45) is 0 Å². The predicted octanol–water partition coefficient (Wildman–Crippen LogP) is 5.73. The number of hydrogen-bond donors (Lipinski definition) is 4. The molecular formula is C33H28N2O7S. The average Bonchev–Trinajstić information content (AvgIpc) is 3.00. The zero-order chi connectivity index (χ0) is 30.7. The summed E-state index contributed by atoms with van der Waals surface area (Å²) in [4.78, 5) is 25.8. The molecule has 1 aliphatic rings. The molecule has 5 aromatic rings. The minimum atomic E-state index is -4.69. The van der Waals surface area contributed by atoms with Crippen LogP contribution in [0.3, 0.4) is 0 Å². The maximum absolute atomic E-state index is 13.4. The summed E-state index contributed by atoms with van der Waals surface area (Å²) in [6, 6.07) is 24.7. The molecule has 1 aliphatic carbocycles. The van der Waals surface area contributed by atoms with Gasteiger partial charge in [-0.05, 0) is 42.0 Å². The Bertz CT molecular complexity index is 2080. The number of nitrogen functional groups attached to an aromatic ring is 2. The Morgan fingerprint density at radius 3 is 2.23 bits per heavy atom. The van der Waals surface area contributed by atoms with Crippen LogP contribution < -0.4 is 17.1 Å². The largest absolute Gasteiger partial charge is 0.507 e. The highest BCUT2D eigenvalue weighted by Crippen LogP contribution is 2.39. The normalized spacial score (nSPS) is 13.7. The van der Waals surface area contributed by atoms with Crippen LogP contribution in [0.4, 0.5) is 11.4 Å². The van der Waals surface area contributed by atoms with Crippen molar-refractivity contribution < 1.29 is 27.3 Å². The minimum absolute atomic E-state index is 0.0635. The van der Waals surface area contributed by atoms with Crippen molar-refractivity contribution in [1.29, 1.82) is 0 Å². The van der Waals surface area contributed by atoms with Crippen molar-refractivity contribution in [2.75, 3.05) is 11.5 Å². The fraction of sp³-hybridized carbons (Fsp3) is 0.0909. The average molecular weight is 597 g/mol. The van der Waals surface area contributed by atoms with Gasteiger partial charge in [0.1, 0.15) is 10.6 Å². The maximum Gasteiger partial charge on any atom is 0.344 e. The van der Waals surface area contributed by atoms with E-state index < -0.39 is 49.4 Å². The fourth-order valence-corrected chi connectivity index (χ4v) is 5.67. The number of fused-ring (bicyclic) bond motifs is 2. The summed E-state index contributed by atoms with van der Waals surface area (Å²) in [5.41, 5.74) is 11.0. The number of rotatable bonds is 5. The standard InChI is InChI=1S/C23H19NO7S.C10H9N/c24-19-16(32(28,29)30)12-11-15-21(26)18(23(27)31-22(15)19)17(13-7-3-1-4-8-13)20(25)14-9-5-2-6-10-14;11-10-7-3-5-8-4-1-2-6-9(8)10/h1,3-5,7-12,17,26H,2,6,24H2,(H,28,29,30);1-7H,11H2. The number of Topliss-reactive ketones (excluding diaryl/α,β-unsaturated/α-hetero) is 1. The molecule has 1 unspecified atom stereocenters. The lowest BCUT2D eigenvalue weighted by Crippen LogP contribution is -2.23. The summed E-state index contributed by atoms with van der Waals surface area (Å²) >= 11 is 0. The zero-order valence-electron chi connectivity index (χ0n) is 22.8.